The Bertz CT molecular complexity index is 806. The maximum absolute atomic E-state index is 11.9. The molecule has 0 fully saturated rings. The van der Waals surface area contributed by atoms with Crippen LogP contribution in [-0.4, -0.2) is 5.91 Å². The summed E-state index contributed by atoms with van der Waals surface area (Å²) in [6.07, 6.45) is 0. The summed E-state index contributed by atoms with van der Waals surface area (Å²) in [5, 5.41) is 5.07. The highest BCUT2D eigenvalue weighted by Crippen LogP contribution is 2.38. The van der Waals surface area contributed by atoms with E-state index < -0.39 is 0 Å². The van der Waals surface area contributed by atoms with Crippen LogP contribution < -0.4 is 5.32 Å². The molecule has 4 rings (SSSR count). The highest BCUT2D eigenvalue weighted by Gasteiger charge is 2.22. The van der Waals surface area contributed by atoms with Crippen molar-refractivity contribution in [1.82, 2.24) is 0 Å². The second-order valence-corrected chi connectivity index (χ2v) is 4.71. The molecule has 0 unspecified atom stereocenters. The molecule has 1 amide bonds. The van der Waals surface area contributed by atoms with E-state index in [2.05, 4.69) is 29.6 Å². The first-order chi connectivity index (χ1) is 9.34. The molecule has 2 heteroatoms. The largest absolute Gasteiger partial charge is 0.321 e. The van der Waals surface area contributed by atoms with E-state index in [-0.39, 0.29) is 5.91 Å². The summed E-state index contributed by atoms with van der Waals surface area (Å²) in [5.74, 6) is -0.00851. The van der Waals surface area contributed by atoms with Crippen molar-refractivity contribution in [3.63, 3.8) is 0 Å². The van der Waals surface area contributed by atoms with Crippen molar-refractivity contribution in [2.75, 3.05) is 5.32 Å². The number of anilines is 1. The van der Waals surface area contributed by atoms with Gasteiger partial charge in [-0.15, -0.1) is 0 Å². The van der Waals surface area contributed by atoms with Crippen LogP contribution in [0.5, 0.6) is 0 Å². The third kappa shape index (κ3) is 1.40. The second kappa shape index (κ2) is 3.69. The summed E-state index contributed by atoms with van der Waals surface area (Å²) in [5.41, 5.74) is 4.02. The van der Waals surface area contributed by atoms with E-state index in [1.54, 1.807) is 0 Å². The molecule has 0 radical (unpaired) electrons. The lowest BCUT2D eigenvalue weighted by Crippen LogP contribution is -2.03. The van der Waals surface area contributed by atoms with Crippen LogP contribution in [0, 0.1) is 0 Å². The van der Waals surface area contributed by atoms with Crippen LogP contribution in [0.15, 0.2) is 60.7 Å². The molecule has 1 aliphatic rings. The van der Waals surface area contributed by atoms with Gasteiger partial charge in [0.15, 0.2) is 0 Å². The molecular formula is C17H11NO. The van der Waals surface area contributed by atoms with Gasteiger partial charge < -0.3 is 5.32 Å². The van der Waals surface area contributed by atoms with Crippen LogP contribution in [0.3, 0.4) is 0 Å². The minimum Gasteiger partial charge on any atom is -0.321 e. The van der Waals surface area contributed by atoms with Crippen molar-refractivity contribution < 1.29 is 4.79 Å². The van der Waals surface area contributed by atoms with Gasteiger partial charge >= 0.3 is 0 Å². The number of rotatable bonds is 1. The Morgan fingerprint density at radius 3 is 2.42 bits per heavy atom. The first kappa shape index (κ1) is 10.3. The van der Waals surface area contributed by atoms with E-state index in [1.165, 1.54) is 5.56 Å². The van der Waals surface area contributed by atoms with Crippen molar-refractivity contribution in [1.29, 1.82) is 0 Å². The molecule has 19 heavy (non-hydrogen) atoms. The predicted octanol–water partition coefficient (Wildman–Crippen LogP) is 4.07. The Balaban J connectivity index is 2.11. The first-order valence-electron chi connectivity index (χ1n) is 6.27. The Hall–Kier alpha value is -2.61. The van der Waals surface area contributed by atoms with Gasteiger partial charge in [0, 0.05) is 16.6 Å². The molecule has 0 spiro atoms. The topological polar surface area (TPSA) is 29.1 Å². The third-order valence-corrected chi connectivity index (χ3v) is 3.62. The Labute approximate surface area is 110 Å². The van der Waals surface area contributed by atoms with Gasteiger partial charge in [0.05, 0.1) is 0 Å². The molecule has 1 heterocycles. The molecular weight excluding hydrogens is 234 g/mol. The fourth-order valence-corrected chi connectivity index (χ4v) is 2.76. The zero-order chi connectivity index (χ0) is 12.8. The average Bonchev–Trinajstić information content (AvgIpc) is 2.79. The number of carbonyl (C=O) groups is 1. The van der Waals surface area contributed by atoms with Gasteiger partial charge in [-0.05, 0) is 28.6 Å². The van der Waals surface area contributed by atoms with E-state index in [4.69, 9.17) is 0 Å². The van der Waals surface area contributed by atoms with E-state index >= 15 is 0 Å². The number of amides is 1. The number of benzene rings is 3. The van der Waals surface area contributed by atoms with Crippen LogP contribution in [0.25, 0.3) is 21.9 Å². The predicted molar refractivity (Wildman–Crippen MR) is 77.3 cm³/mol. The first-order valence-corrected chi connectivity index (χ1v) is 6.27. The Morgan fingerprint density at radius 2 is 1.58 bits per heavy atom. The summed E-state index contributed by atoms with van der Waals surface area (Å²) in [4.78, 5) is 11.9. The Morgan fingerprint density at radius 1 is 0.737 bits per heavy atom. The van der Waals surface area contributed by atoms with Crippen molar-refractivity contribution in [3.05, 3.63) is 66.2 Å². The number of hydrogen-bond donors (Lipinski definition) is 1. The molecule has 0 aromatic heterocycles. The van der Waals surface area contributed by atoms with E-state index in [0.29, 0.717) is 0 Å². The molecule has 1 aliphatic heterocycles. The Kier molecular flexibility index (Phi) is 2.00. The molecule has 0 bridgehead atoms. The van der Waals surface area contributed by atoms with Crippen LogP contribution >= 0.6 is 0 Å². The maximum atomic E-state index is 11.9. The van der Waals surface area contributed by atoms with E-state index in [9.17, 15) is 4.79 Å². The van der Waals surface area contributed by atoms with E-state index in [0.717, 1.165) is 27.6 Å². The summed E-state index contributed by atoms with van der Waals surface area (Å²) < 4.78 is 0. The van der Waals surface area contributed by atoms with Gasteiger partial charge in [0.1, 0.15) is 0 Å². The van der Waals surface area contributed by atoms with Crippen LogP contribution in [-0.2, 0) is 0 Å². The smallest absolute Gasteiger partial charge is 0.256 e. The quantitative estimate of drug-likeness (QED) is 0.687. The third-order valence-electron chi connectivity index (χ3n) is 3.62. The van der Waals surface area contributed by atoms with Crippen molar-refractivity contribution in [3.8, 4) is 11.1 Å². The minimum atomic E-state index is -0.00851. The molecule has 0 saturated carbocycles. The standard InChI is InChI=1S/C17H11NO/c19-17-14-8-4-7-13-12(11-5-2-1-3-6-11)9-10-15(18-17)16(13)14/h1-10H,(H,18,19). The lowest BCUT2D eigenvalue weighted by Gasteiger charge is -2.08. The molecule has 0 aliphatic carbocycles. The molecule has 1 N–H and O–H groups in total. The summed E-state index contributed by atoms with van der Waals surface area (Å²) >= 11 is 0. The molecule has 3 aromatic rings. The molecule has 2 nitrogen and oxygen atoms in total. The van der Waals surface area contributed by atoms with E-state index in [1.807, 2.05) is 36.4 Å². The monoisotopic (exact) mass is 245 g/mol. The van der Waals surface area contributed by atoms with Gasteiger partial charge in [-0.2, -0.15) is 0 Å². The van der Waals surface area contributed by atoms with Crippen LogP contribution in [0.1, 0.15) is 10.4 Å². The molecule has 3 aromatic carbocycles. The fraction of sp³-hybridized carbons (Fsp3) is 0. The lowest BCUT2D eigenvalue weighted by atomic mass is 9.96. The van der Waals surface area contributed by atoms with Gasteiger partial charge in [-0.1, -0.05) is 48.5 Å². The summed E-state index contributed by atoms with van der Waals surface area (Å²) in [6, 6.07) is 20.2. The lowest BCUT2D eigenvalue weighted by molar-refractivity contribution is 0.103. The SMILES string of the molecule is O=C1Nc2ccc(-c3ccccc3)c3cccc1c23. The second-order valence-electron chi connectivity index (χ2n) is 4.71. The molecule has 0 saturated heterocycles. The van der Waals surface area contributed by atoms with Crippen molar-refractivity contribution >= 4 is 22.4 Å². The molecule has 90 valence electrons. The van der Waals surface area contributed by atoms with Gasteiger partial charge in [-0.25, -0.2) is 0 Å². The summed E-state index contributed by atoms with van der Waals surface area (Å²) in [7, 11) is 0. The number of hydrogen-bond acceptors (Lipinski definition) is 1. The van der Waals surface area contributed by atoms with Crippen LogP contribution in [0.2, 0.25) is 0 Å². The highest BCUT2D eigenvalue weighted by atomic mass is 16.1. The summed E-state index contributed by atoms with van der Waals surface area (Å²) in [6.45, 7) is 0. The fourth-order valence-electron chi connectivity index (χ4n) is 2.76. The average molecular weight is 245 g/mol. The zero-order valence-corrected chi connectivity index (χ0v) is 10.2. The number of nitrogens with one attached hydrogen (secondary N) is 1. The van der Waals surface area contributed by atoms with Gasteiger partial charge in [0.25, 0.3) is 5.91 Å². The normalized spacial score (nSPS) is 12.7. The minimum absolute atomic E-state index is 0.00851. The number of carbonyl (C=O) groups excluding carboxylic acids is 1. The van der Waals surface area contributed by atoms with Crippen molar-refractivity contribution in [2.24, 2.45) is 0 Å². The maximum Gasteiger partial charge on any atom is 0.256 e. The molecule has 0 atom stereocenters. The van der Waals surface area contributed by atoms with Gasteiger partial charge in [0.2, 0.25) is 0 Å². The van der Waals surface area contributed by atoms with Crippen LogP contribution in [0.4, 0.5) is 5.69 Å². The zero-order valence-electron chi connectivity index (χ0n) is 10.2. The van der Waals surface area contributed by atoms with Crippen molar-refractivity contribution in [2.45, 2.75) is 0 Å². The van der Waals surface area contributed by atoms with Gasteiger partial charge in [-0.3, -0.25) is 4.79 Å². The highest BCUT2D eigenvalue weighted by molar-refractivity contribution is 6.25.